The van der Waals surface area contributed by atoms with Gasteiger partial charge in [0.25, 0.3) is 0 Å². The van der Waals surface area contributed by atoms with E-state index < -0.39 is 13.4 Å². The molecule has 0 spiro atoms. The molecule has 0 amide bonds. The first-order chi connectivity index (χ1) is 5.75. The summed E-state index contributed by atoms with van der Waals surface area (Å²) in [5, 5.41) is 9.58. The molecule has 0 radical (unpaired) electrons. The largest absolute Gasteiger partial charge is 0.376 e. The lowest BCUT2D eigenvalue weighted by Gasteiger charge is -2.28. The minimum atomic E-state index is -3.33. The van der Waals surface area contributed by atoms with Crippen molar-refractivity contribution in [1.82, 2.24) is 0 Å². The highest BCUT2D eigenvalue weighted by Crippen LogP contribution is 2.50. The minimum Gasteiger partial charge on any atom is -0.376 e. The average molecular weight is 212 g/mol. The van der Waals surface area contributed by atoms with Crippen LogP contribution in [0.3, 0.4) is 0 Å². The fourth-order valence-electron chi connectivity index (χ4n) is 0.908. The van der Waals surface area contributed by atoms with Gasteiger partial charge in [0.05, 0.1) is 21.1 Å². The predicted molar refractivity (Wildman–Crippen MR) is 50.5 cm³/mol. The van der Waals surface area contributed by atoms with E-state index >= 15 is 0 Å². The van der Waals surface area contributed by atoms with E-state index in [-0.39, 0.29) is 0 Å². The lowest BCUT2D eigenvalue weighted by Crippen LogP contribution is -2.41. The van der Waals surface area contributed by atoms with Gasteiger partial charge >= 0.3 is 7.60 Å². The predicted octanol–water partition coefficient (Wildman–Crippen LogP) is 0.497. The van der Waals surface area contributed by atoms with Gasteiger partial charge in [-0.25, -0.2) is 0 Å². The van der Waals surface area contributed by atoms with Crippen LogP contribution in [0.15, 0.2) is 0 Å². The summed E-state index contributed by atoms with van der Waals surface area (Å²) in [5.41, 5.74) is 0. The maximum absolute atomic E-state index is 11.6. The molecule has 1 unspecified atom stereocenters. The van der Waals surface area contributed by atoms with E-state index in [9.17, 15) is 9.67 Å². The van der Waals surface area contributed by atoms with Crippen molar-refractivity contribution in [3.63, 3.8) is 0 Å². The molecule has 0 aromatic rings. The topological polar surface area (TPSA) is 55.8 Å². The Kier molecular flexibility index (Phi) is 4.55. The standard InChI is InChI=1S/C7H19NO4P/c1-8(2,3)6-7(9)13(10,11-4)12-5/h7,9H,6H2,1-5H3/q+1. The van der Waals surface area contributed by atoms with Crippen molar-refractivity contribution in [3.05, 3.63) is 0 Å². The van der Waals surface area contributed by atoms with E-state index in [0.717, 1.165) is 0 Å². The van der Waals surface area contributed by atoms with Gasteiger partial charge in [-0.15, -0.1) is 0 Å². The molecule has 0 aliphatic rings. The highest BCUT2D eigenvalue weighted by Gasteiger charge is 2.36. The van der Waals surface area contributed by atoms with Gasteiger partial charge in [-0.2, -0.15) is 0 Å². The molecular weight excluding hydrogens is 193 g/mol. The van der Waals surface area contributed by atoms with Crippen LogP contribution >= 0.6 is 7.60 Å². The van der Waals surface area contributed by atoms with Crippen molar-refractivity contribution in [2.75, 3.05) is 41.9 Å². The van der Waals surface area contributed by atoms with Gasteiger partial charge < -0.3 is 18.6 Å². The Morgan fingerprint density at radius 2 is 1.69 bits per heavy atom. The van der Waals surface area contributed by atoms with Crippen molar-refractivity contribution >= 4 is 7.60 Å². The van der Waals surface area contributed by atoms with Crippen LogP contribution in [0.5, 0.6) is 0 Å². The van der Waals surface area contributed by atoms with Gasteiger partial charge in [0.1, 0.15) is 6.54 Å². The highest BCUT2D eigenvalue weighted by molar-refractivity contribution is 7.54. The van der Waals surface area contributed by atoms with E-state index in [1.807, 2.05) is 21.1 Å². The molecule has 0 aromatic heterocycles. The molecule has 0 heterocycles. The lowest BCUT2D eigenvalue weighted by molar-refractivity contribution is -0.872. The van der Waals surface area contributed by atoms with Gasteiger partial charge in [0.2, 0.25) is 5.85 Å². The molecular formula is C7H19NO4P+. The maximum Gasteiger partial charge on any atom is 0.364 e. The third-order valence-corrected chi connectivity index (χ3v) is 3.50. The normalized spacial score (nSPS) is 15.8. The van der Waals surface area contributed by atoms with Crippen LogP contribution in [0.1, 0.15) is 0 Å². The van der Waals surface area contributed by atoms with Crippen molar-refractivity contribution in [2.45, 2.75) is 5.85 Å². The van der Waals surface area contributed by atoms with Crippen LogP contribution < -0.4 is 0 Å². The summed E-state index contributed by atoms with van der Waals surface area (Å²) in [6.07, 6.45) is 0. The number of hydrogen-bond acceptors (Lipinski definition) is 4. The molecule has 0 aromatic carbocycles. The Hall–Kier alpha value is 0.0700. The molecule has 13 heavy (non-hydrogen) atoms. The van der Waals surface area contributed by atoms with Crippen molar-refractivity contribution in [1.29, 1.82) is 0 Å². The fraction of sp³-hybridized carbons (Fsp3) is 1.00. The summed E-state index contributed by atoms with van der Waals surface area (Å²) in [7, 11) is 4.87. The zero-order valence-corrected chi connectivity index (χ0v) is 9.75. The first-order valence-electron chi connectivity index (χ1n) is 3.95. The molecule has 6 heteroatoms. The molecule has 80 valence electrons. The van der Waals surface area contributed by atoms with Crippen molar-refractivity contribution in [2.24, 2.45) is 0 Å². The molecule has 0 saturated heterocycles. The Bertz CT molecular complexity index is 193. The van der Waals surface area contributed by atoms with Crippen LogP contribution in [0.2, 0.25) is 0 Å². The Morgan fingerprint density at radius 3 is 1.92 bits per heavy atom. The van der Waals surface area contributed by atoms with Gasteiger partial charge in [-0.05, 0) is 0 Å². The van der Waals surface area contributed by atoms with E-state index in [0.29, 0.717) is 11.0 Å². The lowest BCUT2D eigenvalue weighted by atomic mass is 10.5. The van der Waals surface area contributed by atoms with Gasteiger partial charge in [-0.1, -0.05) is 0 Å². The molecule has 0 aliphatic carbocycles. The first kappa shape index (κ1) is 13.1. The van der Waals surface area contributed by atoms with Crippen LogP contribution in [0, 0.1) is 0 Å². The Labute approximate surface area is 79.4 Å². The minimum absolute atomic E-state index is 0.318. The summed E-state index contributed by atoms with van der Waals surface area (Å²) in [6.45, 7) is 0.318. The molecule has 0 saturated carbocycles. The quantitative estimate of drug-likeness (QED) is 0.532. The number of quaternary nitrogens is 1. The molecule has 5 nitrogen and oxygen atoms in total. The van der Waals surface area contributed by atoms with E-state index in [1.165, 1.54) is 14.2 Å². The highest BCUT2D eigenvalue weighted by atomic mass is 31.2. The second-order valence-corrected chi connectivity index (χ2v) is 6.26. The number of likely N-dealkylation sites (N-methyl/N-ethyl adjacent to an activating group) is 1. The number of hydrogen-bond donors (Lipinski definition) is 1. The summed E-state index contributed by atoms with van der Waals surface area (Å²) < 4.78 is 21.5. The third kappa shape index (κ3) is 4.20. The zero-order chi connectivity index (χ0) is 10.7. The van der Waals surface area contributed by atoms with Crippen LogP contribution in [-0.2, 0) is 13.6 Å². The van der Waals surface area contributed by atoms with Gasteiger partial charge in [-0.3, -0.25) is 4.57 Å². The van der Waals surface area contributed by atoms with Gasteiger partial charge in [0.15, 0.2) is 0 Å². The molecule has 0 aliphatic heterocycles. The number of aliphatic hydroxyl groups is 1. The van der Waals surface area contributed by atoms with E-state index in [2.05, 4.69) is 9.05 Å². The smallest absolute Gasteiger partial charge is 0.364 e. The monoisotopic (exact) mass is 212 g/mol. The Balaban J connectivity index is 4.41. The maximum atomic E-state index is 11.6. The zero-order valence-electron chi connectivity index (χ0n) is 8.85. The summed E-state index contributed by atoms with van der Waals surface area (Å²) in [6, 6.07) is 0. The molecule has 1 atom stereocenters. The van der Waals surface area contributed by atoms with Crippen LogP contribution in [-0.4, -0.2) is 57.3 Å². The molecule has 1 N–H and O–H groups in total. The summed E-state index contributed by atoms with van der Waals surface area (Å²) in [5.74, 6) is -1.08. The third-order valence-electron chi connectivity index (χ3n) is 1.59. The summed E-state index contributed by atoms with van der Waals surface area (Å²) in [4.78, 5) is 0. The fourth-order valence-corrected chi connectivity index (χ4v) is 2.23. The first-order valence-corrected chi connectivity index (χ1v) is 5.56. The number of nitrogens with zero attached hydrogens (tertiary/aromatic N) is 1. The molecule has 0 rings (SSSR count). The van der Waals surface area contributed by atoms with Crippen LogP contribution in [0.25, 0.3) is 0 Å². The van der Waals surface area contributed by atoms with E-state index in [1.54, 1.807) is 0 Å². The van der Waals surface area contributed by atoms with Crippen LogP contribution in [0.4, 0.5) is 0 Å². The second-order valence-electron chi connectivity index (χ2n) is 3.86. The van der Waals surface area contributed by atoms with Gasteiger partial charge in [0, 0.05) is 14.2 Å². The second kappa shape index (κ2) is 4.53. The molecule has 0 bridgehead atoms. The SMILES string of the molecule is COP(=O)(OC)C(O)C[N+](C)(C)C. The number of rotatable bonds is 5. The number of aliphatic hydroxyl groups excluding tert-OH is 1. The van der Waals surface area contributed by atoms with E-state index in [4.69, 9.17) is 0 Å². The summed E-state index contributed by atoms with van der Waals surface area (Å²) >= 11 is 0. The van der Waals surface area contributed by atoms with Crippen molar-refractivity contribution < 1.29 is 23.2 Å². The Morgan fingerprint density at radius 1 is 1.31 bits per heavy atom. The van der Waals surface area contributed by atoms with Crippen molar-refractivity contribution in [3.8, 4) is 0 Å². The average Bonchev–Trinajstić information content (AvgIpc) is 2.00. The molecule has 0 fully saturated rings.